The number of Topliss-reactive ketones (excluding diaryl/α,β-unsaturated/α-hetero) is 1. The van der Waals surface area contributed by atoms with Crippen LogP contribution in [0.1, 0.15) is 16.6 Å². The first-order chi connectivity index (χ1) is 7.15. The van der Waals surface area contributed by atoms with E-state index in [0.29, 0.717) is 10.9 Å². The van der Waals surface area contributed by atoms with Crippen LogP contribution in [-0.2, 0) is 4.74 Å². The van der Waals surface area contributed by atoms with Crippen molar-refractivity contribution in [2.75, 3.05) is 19.5 Å². The molecular formula is C10H13ClO2S2. The highest BCUT2D eigenvalue weighted by molar-refractivity contribution is 8.00. The molecule has 1 atom stereocenters. The molecule has 1 heterocycles. The summed E-state index contributed by atoms with van der Waals surface area (Å²) < 4.78 is 5.59. The zero-order chi connectivity index (χ0) is 11.3. The van der Waals surface area contributed by atoms with Crippen molar-refractivity contribution < 1.29 is 9.53 Å². The summed E-state index contributed by atoms with van der Waals surface area (Å²) in [5.74, 6) is 0.982. The van der Waals surface area contributed by atoms with Crippen LogP contribution in [-0.4, -0.2) is 30.5 Å². The molecular weight excluding hydrogens is 252 g/mol. The van der Waals surface area contributed by atoms with Gasteiger partial charge < -0.3 is 4.74 Å². The number of thiophene rings is 1. The highest BCUT2D eigenvalue weighted by Gasteiger charge is 2.16. The van der Waals surface area contributed by atoms with Crippen LogP contribution in [0.2, 0.25) is 4.34 Å². The van der Waals surface area contributed by atoms with Gasteiger partial charge in [-0.15, -0.1) is 23.1 Å². The Hall–Kier alpha value is -0.0300. The molecule has 1 unspecified atom stereocenters. The molecule has 15 heavy (non-hydrogen) atoms. The maximum atomic E-state index is 11.8. The lowest BCUT2D eigenvalue weighted by Gasteiger charge is -2.07. The highest BCUT2D eigenvalue weighted by Crippen LogP contribution is 2.25. The molecule has 0 saturated carbocycles. The maximum Gasteiger partial charge on any atom is 0.185 e. The lowest BCUT2D eigenvalue weighted by Crippen LogP contribution is -2.13. The summed E-state index contributed by atoms with van der Waals surface area (Å²) in [4.78, 5) is 12.6. The number of rotatable bonds is 6. The Bertz CT molecular complexity index is 325. The van der Waals surface area contributed by atoms with Gasteiger partial charge in [0.15, 0.2) is 5.78 Å². The number of carbonyl (C=O) groups is 1. The van der Waals surface area contributed by atoms with Gasteiger partial charge in [-0.1, -0.05) is 11.6 Å². The third kappa shape index (κ3) is 4.15. The zero-order valence-corrected chi connectivity index (χ0v) is 11.0. The van der Waals surface area contributed by atoms with Crippen molar-refractivity contribution in [1.82, 2.24) is 0 Å². The van der Waals surface area contributed by atoms with Crippen molar-refractivity contribution in [1.29, 1.82) is 0 Å². The van der Waals surface area contributed by atoms with Crippen LogP contribution in [0.15, 0.2) is 12.1 Å². The summed E-state index contributed by atoms with van der Waals surface area (Å²) in [7, 11) is 1.66. The number of thioether (sulfide) groups is 1. The topological polar surface area (TPSA) is 26.3 Å². The molecule has 0 fully saturated rings. The van der Waals surface area contributed by atoms with Crippen LogP contribution in [0, 0.1) is 0 Å². The van der Waals surface area contributed by atoms with Gasteiger partial charge >= 0.3 is 0 Å². The minimum absolute atomic E-state index is 0.0325. The lowest BCUT2D eigenvalue weighted by atomic mass is 10.2. The Labute approximate surface area is 103 Å². The van der Waals surface area contributed by atoms with E-state index in [1.807, 2.05) is 6.92 Å². The fraction of sp³-hybridized carbons (Fsp3) is 0.500. The van der Waals surface area contributed by atoms with E-state index in [2.05, 4.69) is 0 Å². The molecule has 1 rings (SSSR count). The molecule has 0 saturated heterocycles. The fourth-order valence-corrected chi connectivity index (χ4v) is 3.07. The Balaban J connectivity index is 2.46. The molecule has 0 bridgehead atoms. The van der Waals surface area contributed by atoms with Gasteiger partial charge in [0.25, 0.3) is 0 Å². The standard InChI is InChI=1S/C10H13ClO2S2/c1-7(14-6-5-13-2)10(12)8-3-4-9(11)15-8/h3-4,7H,5-6H2,1-2H3. The second-order valence-corrected chi connectivity index (χ2v) is 6.14. The van der Waals surface area contributed by atoms with Crippen LogP contribution in [0.25, 0.3) is 0 Å². The maximum absolute atomic E-state index is 11.8. The number of hydrogen-bond donors (Lipinski definition) is 0. The molecule has 2 nitrogen and oxygen atoms in total. The smallest absolute Gasteiger partial charge is 0.185 e. The quantitative estimate of drug-likeness (QED) is 0.582. The molecule has 0 amide bonds. The van der Waals surface area contributed by atoms with Crippen molar-refractivity contribution in [3.05, 3.63) is 21.3 Å². The molecule has 1 aromatic rings. The van der Waals surface area contributed by atoms with E-state index in [1.165, 1.54) is 11.3 Å². The van der Waals surface area contributed by atoms with Crippen molar-refractivity contribution in [2.45, 2.75) is 12.2 Å². The van der Waals surface area contributed by atoms with Crippen molar-refractivity contribution >= 4 is 40.5 Å². The second kappa shape index (κ2) is 6.53. The number of halogens is 1. The largest absolute Gasteiger partial charge is 0.384 e. The Morgan fingerprint density at radius 1 is 1.67 bits per heavy atom. The van der Waals surface area contributed by atoms with E-state index >= 15 is 0 Å². The van der Waals surface area contributed by atoms with Crippen LogP contribution in [0.5, 0.6) is 0 Å². The van der Waals surface area contributed by atoms with E-state index in [4.69, 9.17) is 16.3 Å². The van der Waals surface area contributed by atoms with Crippen LogP contribution in [0.3, 0.4) is 0 Å². The Morgan fingerprint density at radius 2 is 2.40 bits per heavy atom. The van der Waals surface area contributed by atoms with E-state index in [1.54, 1.807) is 31.0 Å². The van der Waals surface area contributed by atoms with Crippen molar-refractivity contribution in [2.24, 2.45) is 0 Å². The van der Waals surface area contributed by atoms with Gasteiger partial charge in [-0.3, -0.25) is 4.79 Å². The molecule has 0 N–H and O–H groups in total. The summed E-state index contributed by atoms with van der Waals surface area (Å²) in [5, 5.41) is -0.0325. The highest BCUT2D eigenvalue weighted by atomic mass is 35.5. The monoisotopic (exact) mass is 264 g/mol. The molecule has 0 aliphatic heterocycles. The summed E-state index contributed by atoms with van der Waals surface area (Å²) >= 11 is 8.71. The summed E-state index contributed by atoms with van der Waals surface area (Å²) in [5.41, 5.74) is 0. The van der Waals surface area contributed by atoms with Crippen LogP contribution in [0.4, 0.5) is 0 Å². The fourth-order valence-electron chi connectivity index (χ4n) is 1.03. The number of ketones is 1. The second-order valence-electron chi connectivity index (χ2n) is 2.97. The minimum atomic E-state index is -0.0325. The predicted octanol–water partition coefficient (Wildman–Crippen LogP) is 3.35. The molecule has 0 spiro atoms. The van der Waals surface area contributed by atoms with Gasteiger partial charge in [-0.2, -0.15) is 0 Å². The summed E-state index contributed by atoms with van der Waals surface area (Å²) in [6.07, 6.45) is 0. The number of hydrogen-bond acceptors (Lipinski definition) is 4. The average molecular weight is 265 g/mol. The first-order valence-corrected chi connectivity index (χ1v) is 6.79. The molecule has 0 radical (unpaired) electrons. The average Bonchev–Trinajstić information content (AvgIpc) is 2.64. The summed E-state index contributed by atoms with van der Waals surface area (Å²) in [6, 6.07) is 3.54. The predicted molar refractivity (Wildman–Crippen MR) is 67.5 cm³/mol. The Morgan fingerprint density at radius 3 is 2.93 bits per heavy atom. The molecule has 0 aromatic carbocycles. The first-order valence-electron chi connectivity index (χ1n) is 4.55. The first kappa shape index (κ1) is 13.0. The Kier molecular flexibility index (Phi) is 5.68. The van der Waals surface area contributed by atoms with Crippen LogP contribution < -0.4 is 0 Å². The summed E-state index contributed by atoms with van der Waals surface area (Å²) in [6.45, 7) is 2.59. The number of ether oxygens (including phenoxy) is 1. The third-order valence-corrected chi connectivity index (χ3v) is 4.20. The molecule has 5 heteroatoms. The SMILES string of the molecule is COCCSC(C)C(=O)c1ccc(Cl)s1. The molecule has 1 aromatic heterocycles. The van der Waals surface area contributed by atoms with Crippen molar-refractivity contribution in [3.8, 4) is 0 Å². The van der Waals surface area contributed by atoms with Gasteiger partial charge in [0.2, 0.25) is 0 Å². The van der Waals surface area contributed by atoms with Crippen molar-refractivity contribution in [3.63, 3.8) is 0 Å². The number of methoxy groups -OCH3 is 1. The van der Waals surface area contributed by atoms with Gasteiger partial charge in [-0.25, -0.2) is 0 Å². The molecule has 84 valence electrons. The molecule has 0 aliphatic rings. The van der Waals surface area contributed by atoms with Gasteiger partial charge in [-0.05, 0) is 19.1 Å². The zero-order valence-electron chi connectivity index (χ0n) is 8.66. The van der Waals surface area contributed by atoms with E-state index in [9.17, 15) is 4.79 Å². The third-order valence-electron chi connectivity index (χ3n) is 1.84. The van der Waals surface area contributed by atoms with E-state index < -0.39 is 0 Å². The van der Waals surface area contributed by atoms with Gasteiger partial charge in [0.1, 0.15) is 0 Å². The van der Waals surface area contributed by atoms with E-state index in [0.717, 1.165) is 10.6 Å². The normalized spacial score (nSPS) is 12.7. The van der Waals surface area contributed by atoms with E-state index in [-0.39, 0.29) is 11.0 Å². The van der Waals surface area contributed by atoms with Crippen LogP contribution >= 0.6 is 34.7 Å². The van der Waals surface area contributed by atoms with Gasteiger partial charge in [0, 0.05) is 12.9 Å². The molecule has 0 aliphatic carbocycles. The minimum Gasteiger partial charge on any atom is -0.384 e. The van der Waals surface area contributed by atoms with Gasteiger partial charge in [0.05, 0.1) is 21.1 Å². The lowest BCUT2D eigenvalue weighted by molar-refractivity contribution is 0.0997. The number of carbonyl (C=O) groups excluding carboxylic acids is 1.